The van der Waals surface area contributed by atoms with Gasteiger partial charge in [0.1, 0.15) is 0 Å². The highest BCUT2D eigenvalue weighted by Crippen LogP contribution is 2.46. The van der Waals surface area contributed by atoms with Crippen molar-refractivity contribution in [3.05, 3.63) is 51.9 Å². The molecule has 1 aromatic heterocycles. The summed E-state index contributed by atoms with van der Waals surface area (Å²) < 4.78 is 5.19. The van der Waals surface area contributed by atoms with E-state index in [9.17, 15) is 4.79 Å². The molecule has 0 saturated carbocycles. The Morgan fingerprint density at radius 3 is 2.23 bits per heavy atom. The van der Waals surface area contributed by atoms with Gasteiger partial charge >= 0.3 is 5.97 Å². The summed E-state index contributed by atoms with van der Waals surface area (Å²) in [5.74, 6) is -0.596. The van der Waals surface area contributed by atoms with Crippen molar-refractivity contribution in [3.8, 4) is 0 Å². The molecule has 1 aliphatic carbocycles. The highest BCUT2D eigenvalue weighted by atomic mass is 16.5. The van der Waals surface area contributed by atoms with Crippen LogP contribution in [0.1, 0.15) is 86.0 Å². The van der Waals surface area contributed by atoms with Crippen molar-refractivity contribution in [2.24, 2.45) is 0 Å². The minimum Gasteiger partial charge on any atom is -0.476 e. The Hall–Kier alpha value is -2.36. The van der Waals surface area contributed by atoms with Crippen LogP contribution in [0.2, 0.25) is 0 Å². The van der Waals surface area contributed by atoms with E-state index >= 15 is 0 Å². The van der Waals surface area contributed by atoms with Crippen LogP contribution >= 0.6 is 0 Å². The standard InChI is InChI=1S/C22H27NO3/c1-13-10-16-17(22(5,6)8-7-21(16,3)4)11-15(13)9-14(2)19-12-18(20(24)25)23-26-19/h9-12H,7-8H2,1-6H3,(H,24,25)/b14-9-. The van der Waals surface area contributed by atoms with Crippen molar-refractivity contribution in [2.45, 2.75) is 65.2 Å². The molecule has 1 aliphatic rings. The number of fused-ring (bicyclic) bond motifs is 1. The summed E-state index contributed by atoms with van der Waals surface area (Å²) in [6.07, 6.45) is 4.42. The van der Waals surface area contributed by atoms with E-state index in [1.807, 2.05) is 6.92 Å². The Bertz CT molecular complexity index is 900. The molecule has 0 spiro atoms. The summed E-state index contributed by atoms with van der Waals surface area (Å²) >= 11 is 0. The quantitative estimate of drug-likeness (QED) is 0.781. The molecule has 0 unspecified atom stereocenters. The molecule has 0 bridgehead atoms. The van der Waals surface area contributed by atoms with E-state index in [1.165, 1.54) is 35.6 Å². The first-order chi connectivity index (χ1) is 12.0. The lowest BCUT2D eigenvalue weighted by atomic mass is 9.62. The summed E-state index contributed by atoms with van der Waals surface area (Å²) in [4.78, 5) is 11.0. The predicted molar refractivity (Wildman–Crippen MR) is 103 cm³/mol. The molecule has 4 nitrogen and oxygen atoms in total. The summed E-state index contributed by atoms with van der Waals surface area (Å²) in [5, 5.41) is 12.6. The Kier molecular flexibility index (Phi) is 4.33. The lowest BCUT2D eigenvalue weighted by Crippen LogP contribution is -2.34. The average molecular weight is 353 g/mol. The van der Waals surface area contributed by atoms with Gasteiger partial charge < -0.3 is 9.63 Å². The third kappa shape index (κ3) is 3.20. The van der Waals surface area contributed by atoms with Gasteiger partial charge in [0.15, 0.2) is 11.5 Å². The highest BCUT2D eigenvalue weighted by Gasteiger charge is 2.37. The van der Waals surface area contributed by atoms with Crippen molar-refractivity contribution >= 4 is 17.6 Å². The van der Waals surface area contributed by atoms with Crippen molar-refractivity contribution in [3.63, 3.8) is 0 Å². The second-order valence-corrected chi connectivity index (χ2v) is 8.73. The fourth-order valence-corrected chi connectivity index (χ4v) is 3.76. The first-order valence-corrected chi connectivity index (χ1v) is 9.05. The normalized spacial score (nSPS) is 18.5. The molecule has 1 N–H and O–H groups in total. The van der Waals surface area contributed by atoms with Gasteiger partial charge in [-0.25, -0.2) is 4.79 Å². The van der Waals surface area contributed by atoms with Crippen LogP contribution in [0, 0.1) is 6.92 Å². The molecule has 0 amide bonds. The van der Waals surface area contributed by atoms with Crippen LogP contribution in [0.3, 0.4) is 0 Å². The number of hydrogen-bond donors (Lipinski definition) is 1. The zero-order chi connectivity index (χ0) is 19.3. The SMILES string of the molecule is C/C(=C/c1cc2c(cc1C)C(C)(C)CCC2(C)C)c1cc(C(=O)O)no1. The van der Waals surface area contributed by atoms with Gasteiger partial charge in [0.05, 0.1) is 0 Å². The summed E-state index contributed by atoms with van der Waals surface area (Å²) in [5.41, 5.74) is 6.33. The van der Waals surface area contributed by atoms with Crippen LogP contribution in [0.4, 0.5) is 0 Å². The lowest BCUT2D eigenvalue weighted by Gasteiger charge is -2.42. The highest BCUT2D eigenvalue weighted by molar-refractivity contribution is 5.87. The number of carbonyl (C=O) groups is 1. The van der Waals surface area contributed by atoms with Gasteiger partial charge in [0, 0.05) is 6.07 Å². The number of carboxylic acid groups (broad SMARTS) is 1. The van der Waals surface area contributed by atoms with Gasteiger partial charge in [-0.3, -0.25) is 0 Å². The molecule has 1 heterocycles. The van der Waals surface area contributed by atoms with Crippen molar-refractivity contribution in [1.82, 2.24) is 5.16 Å². The zero-order valence-corrected chi connectivity index (χ0v) is 16.4. The number of aryl methyl sites for hydroxylation is 1. The maximum atomic E-state index is 11.0. The molecule has 0 fully saturated rings. The number of carboxylic acids is 1. The number of aromatic carboxylic acids is 1. The predicted octanol–water partition coefficient (Wildman–Crippen LogP) is 5.59. The van der Waals surface area contributed by atoms with E-state index in [4.69, 9.17) is 9.63 Å². The van der Waals surface area contributed by atoms with Crippen molar-refractivity contribution < 1.29 is 14.4 Å². The van der Waals surface area contributed by atoms with E-state index in [0.29, 0.717) is 5.76 Å². The molecule has 3 rings (SSSR count). The topological polar surface area (TPSA) is 63.3 Å². The molecule has 0 saturated heterocycles. The smallest absolute Gasteiger partial charge is 0.358 e. The van der Waals surface area contributed by atoms with Gasteiger partial charge in [0.2, 0.25) is 0 Å². The molecule has 0 radical (unpaired) electrons. The lowest BCUT2D eigenvalue weighted by molar-refractivity contribution is 0.0685. The Balaban J connectivity index is 2.07. The molecular weight excluding hydrogens is 326 g/mol. The third-order valence-corrected chi connectivity index (χ3v) is 5.73. The van der Waals surface area contributed by atoms with Crippen LogP contribution < -0.4 is 0 Å². The van der Waals surface area contributed by atoms with Crippen LogP contribution in [0.5, 0.6) is 0 Å². The Morgan fingerprint density at radius 2 is 1.69 bits per heavy atom. The minimum atomic E-state index is -1.08. The first-order valence-electron chi connectivity index (χ1n) is 9.05. The van der Waals surface area contributed by atoms with E-state index in [0.717, 1.165) is 11.1 Å². The van der Waals surface area contributed by atoms with Gasteiger partial charge in [-0.15, -0.1) is 0 Å². The maximum absolute atomic E-state index is 11.0. The zero-order valence-electron chi connectivity index (χ0n) is 16.4. The molecule has 0 aliphatic heterocycles. The number of benzene rings is 1. The third-order valence-electron chi connectivity index (χ3n) is 5.73. The van der Waals surface area contributed by atoms with Crippen molar-refractivity contribution in [2.75, 3.05) is 0 Å². The van der Waals surface area contributed by atoms with E-state index < -0.39 is 5.97 Å². The van der Waals surface area contributed by atoms with E-state index in [1.54, 1.807) is 0 Å². The summed E-state index contributed by atoms with van der Waals surface area (Å²) in [6.45, 7) is 13.3. The van der Waals surface area contributed by atoms with Crippen LogP contribution in [-0.2, 0) is 10.8 Å². The monoisotopic (exact) mass is 353 g/mol. The molecule has 138 valence electrons. The molecular formula is C22H27NO3. The fraction of sp³-hybridized carbons (Fsp3) is 0.455. The van der Waals surface area contributed by atoms with Gasteiger partial charge in [0.25, 0.3) is 0 Å². The van der Waals surface area contributed by atoms with Gasteiger partial charge in [-0.1, -0.05) is 45.0 Å². The number of rotatable bonds is 3. The molecule has 1 aromatic carbocycles. The van der Waals surface area contributed by atoms with E-state index in [-0.39, 0.29) is 16.5 Å². The summed E-state index contributed by atoms with van der Waals surface area (Å²) in [7, 11) is 0. The fourth-order valence-electron chi connectivity index (χ4n) is 3.76. The largest absolute Gasteiger partial charge is 0.476 e. The molecule has 4 heteroatoms. The van der Waals surface area contributed by atoms with Crippen molar-refractivity contribution in [1.29, 1.82) is 0 Å². The second-order valence-electron chi connectivity index (χ2n) is 8.73. The maximum Gasteiger partial charge on any atom is 0.358 e. The molecule has 2 aromatic rings. The average Bonchev–Trinajstić information content (AvgIpc) is 3.04. The molecule has 0 atom stereocenters. The van der Waals surface area contributed by atoms with E-state index in [2.05, 4.69) is 58.0 Å². The van der Waals surface area contributed by atoms with Crippen LogP contribution in [0.15, 0.2) is 22.7 Å². The first kappa shape index (κ1) is 18.4. The number of hydrogen-bond acceptors (Lipinski definition) is 3. The van der Waals surface area contributed by atoms with Crippen LogP contribution in [0.25, 0.3) is 11.6 Å². The minimum absolute atomic E-state index is 0.0715. The molecule has 26 heavy (non-hydrogen) atoms. The van der Waals surface area contributed by atoms with Gasteiger partial charge in [-0.05, 0) is 71.4 Å². The summed E-state index contributed by atoms with van der Waals surface area (Å²) in [6, 6.07) is 6.08. The van der Waals surface area contributed by atoms with Gasteiger partial charge in [-0.2, -0.15) is 0 Å². The number of aromatic nitrogens is 1. The van der Waals surface area contributed by atoms with Crippen LogP contribution in [-0.4, -0.2) is 16.2 Å². The number of nitrogens with zero attached hydrogens (tertiary/aromatic N) is 1. The second kappa shape index (κ2) is 6.11. The number of allylic oxidation sites excluding steroid dienone is 1. The Labute approximate surface area is 154 Å². The Morgan fingerprint density at radius 1 is 1.12 bits per heavy atom.